The Labute approximate surface area is 127 Å². The fourth-order valence-corrected chi connectivity index (χ4v) is 4.10. The second kappa shape index (κ2) is 5.51. The first-order chi connectivity index (χ1) is 10.3. The minimum Gasteiger partial charge on any atom is -0.366 e. The van der Waals surface area contributed by atoms with E-state index in [1.54, 1.807) is 11.3 Å². The first-order valence-corrected chi connectivity index (χ1v) is 8.35. The van der Waals surface area contributed by atoms with Crippen molar-refractivity contribution in [1.82, 2.24) is 15.0 Å². The molecule has 112 valence electrons. The lowest BCUT2D eigenvalue weighted by Gasteiger charge is -2.33. The quantitative estimate of drug-likeness (QED) is 0.873. The molecule has 0 aliphatic carbocycles. The Morgan fingerprint density at radius 3 is 3.19 bits per heavy atom. The molecule has 6 heteroatoms. The van der Waals surface area contributed by atoms with Crippen LogP contribution >= 0.6 is 11.3 Å². The number of fused-ring (bicyclic) bond motifs is 1. The van der Waals surface area contributed by atoms with Gasteiger partial charge in [0.2, 0.25) is 0 Å². The molecule has 5 nitrogen and oxygen atoms in total. The van der Waals surface area contributed by atoms with Crippen molar-refractivity contribution in [3.05, 3.63) is 34.1 Å². The fourth-order valence-electron chi connectivity index (χ4n) is 3.41. The lowest BCUT2D eigenvalue weighted by Crippen LogP contribution is -2.41. The minimum absolute atomic E-state index is 0.203. The summed E-state index contributed by atoms with van der Waals surface area (Å²) in [6, 6.07) is 2.01. The lowest BCUT2D eigenvalue weighted by molar-refractivity contribution is -0.00984. The molecule has 2 aliphatic rings. The van der Waals surface area contributed by atoms with Crippen molar-refractivity contribution in [2.45, 2.75) is 38.5 Å². The molecule has 2 aliphatic heterocycles. The number of nitrogens with zero attached hydrogens (tertiary/aromatic N) is 3. The Bertz CT molecular complexity index is 598. The number of aryl methyl sites for hydroxylation is 1. The monoisotopic (exact) mass is 305 g/mol. The van der Waals surface area contributed by atoms with Crippen molar-refractivity contribution in [3.63, 3.8) is 0 Å². The molecular formula is C15H19N3O2S. The molecule has 3 atom stereocenters. The van der Waals surface area contributed by atoms with Crippen LogP contribution in [0.3, 0.4) is 0 Å². The summed E-state index contributed by atoms with van der Waals surface area (Å²) in [5.74, 6) is 1.55. The lowest BCUT2D eigenvalue weighted by atomic mass is 9.92. The zero-order chi connectivity index (χ0) is 14.2. The molecule has 0 saturated carbocycles. The molecule has 2 saturated heterocycles. The fraction of sp³-hybridized carbons (Fsp3) is 0.600. The minimum atomic E-state index is 0.203. The van der Waals surface area contributed by atoms with Crippen LogP contribution in [0, 0.1) is 12.8 Å². The van der Waals surface area contributed by atoms with E-state index in [0.717, 1.165) is 42.5 Å². The molecule has 2 fully saturated rings. The van der Waals surface area contributed by atoms with Gasteiger partial charge in [-0.25, -0.2) is 4.98 Å². The predicted molar refractivity (Wildman–Crippen MR) is 79.0 cm³/mol. The van der Waals surface area contributed by atoms with Crippen LogP contribution in [0.5, 0.6) is 0 Å². The highest BCUT2D eigenvalue weighted by molar-refractivity contribution is 7.09. The SMILES string of the molecule is Cc1cc(CN2CC[C@@H]3C[C@H](c4nccs4)O[C@H]3C2)no1. The van der Waals surface area contributed by atoms with Crippen molar-refractivity contribution in [1.29, 1.82) is 0 Å². The molecular weight excluding hydrogens is 286 g/mol. The van der Waals surface area contributed by atoms with Crippen molar-refractivity contribution >= 4 is 11.3 Å². The van der Waals surface area contributed by atoms with Crippen molar-refractivity contribution < 1.29 is 9.26 Å². The Kier molecular flexibility index (Phi) is 3.52. The molecule has 0 spiro atoms. The average Bonchev–Trinajstić information content (AvgIpc) is 3.18. The van der Waals surface area contributed by atoms with Gasteiger partial charge in [-0.1, -0.05) is 5.16 Å². The predicted octanol–water partition coefficient (Wildman–Crippen LogP) is 2.79. The van der Waals surface area contributed by atoms with E-state index in [0.29, 0.717) is 12.0 Å². The third-order valence-electron chi connectivity index (χ3n) is 4.43. The zero-order valence-corrected chi connectivity index (χ0v) is 12.9. The van der Waals surface area contributed by atoms with Crippen LogP contribution in [-0.4, -0.2) is 34.2 Å². The highest BCUT2D eigenvalue weighted by atomic mass is 32.1. The van der Waals surface area contributed by atoms with E-state index in [1.807, 2.05) is 24.6 Å². The third-order valence-corrected chi connectivity index (χ3v) is 5.29. The summed E-state index contributed by atoms with van der Waals surface area (Å²) in [4.78, 5) is 6.82. The number of hydrogen-bond acceptors (Lipinski definition) is 6. The van der Waals surface area contributed by atoms with Crippen LogP contribution in [0.2, 0.25) is 0 Å². The van der Waals surface area contributed by atoms with E-state index in [2.05, 4.69) is 15.0 Å². The molecule has 2 aromatic heterocycles. The Balaban J connectivity index is 1.39. The standard InChI is InChI=1S/C15H19N3O2S/c1-10-6-12(17-20-10)8-18-4-2-11-7-13(19-14(11)9-18)15-16-3-5-21-15/h3,5-6,11,13-14H,2,4,7-9H2,1H3/t11-,13-,14+/m1/s1. The smallest absolute Gasteiger partial charge is 0.133 e. The zero-order valence-electron chi connectivity index (χ0n) is 12.1. The van der Waals surface area contributed by atoms with Gasteiger partial charge in [-0.05, 0) is 32.2 Å². The molecule has 21 heavy (non-hydrogen) atoms. The van der Waals surface area contributed by atoms with Gasteiger partial charge in [0, 0.05) is 30.7 Å². The number of aromatic nitrogens is 2. The maximum Gasteiger partial charge on any atom is 0.133 e. The molecule has 2 aromatic rings. The number of piperidine rings is 1. The van der Waals surface area contributed by atoms with Crippen LogP contribution in [0.25, 0.3) is 0 Å². The summed E-state index contributed by atoms with van der Waals surface area (Å²) in [6.07, 6.45) is 4.72. The average molecular weight is 305 g/mol. The number of thiazole rings is 1. The molecule has 0 unspecified atom stereocenters. The Morgan fingerprint density at radius 1 is 1.48 bits per heavy atom. The molecule has 0 amide bonds. The van der Waals surface area contributed by atoms with E-state index in [1.165, 1.54) is 6.42 Å². The van der Waals surface area contributed by atoms with Crippen molar-refractivity contribution in [2.75, 3.05) is 13.1 Å². The van der Waals surface area contributed by atoms with Gasteiger partial charge in [0.1, 0.15) is 16.9 Å². The topological polar surface area (TPSA) is 51.4 Å². The first-order valence-electron chi connectivity index (χ1n) is 7.47. The summed E-state index contributed by atoms with van der Waals surface area (Å²) in [5, 5.41) is 7.24. The van der Waals surface area contributed by atoms with Gasteiger partial charge in [-0.15, -0.1) is 11.3 Å². The van der Waals surface area contributed by atoms with Crippen LogP contribution < -0.4 is 0 Å². The summed E-state index contributed by atoms with van der Waals surface area (Å²) >= 11 is 1.70. The van der Waals surface area contributed by atoms with E-state index >= 15 is 0 Å². The summed E-state index contributed by atoms with van der Waals surface area (Å²) in [7, 11) is 0. The third kappa shape index (κ3) is 2.75. The summed E-state index contributed by atoms with van der Waals surface area (Å²) < 4.78 is 11.4. The molecule has 4 heterocycles. The van der Waals surface area contributed by atoms with Gasteiger partial charge in [-0.3, -0.25) is 4.90 Å². The Hall–Kier alpha value is -1.24. The molecule has 0 N–H and O–H groups in total. The number of rotatable bonds is 3. The van der Waals surface area contributed by atoms with Gasteiger partial charge in [-0.2, -0.15) is 0 Å². The molecule has 0 bridgehead atoms. The number of likely N-dealkylation sites (tertiary alicyclic amines) is 1. The highest BCUT2D eigenvalue weighted by Gasteiger charge is 2.40. The summed E-state index contributed by atoms with van der Waals surface area (Å²) in [5.41, 5.74) is 1.01. The maximum absolute atomic E-state index is 6.25. The van der Waals surface area contributed by atoms with Gasteiger partial charge >= 0.3 is 0 Å². The van der Waals surface area contributed by atoms with Crippen molar-refractivity contribution in [2.24, 2.45) is 5.92 Å². The number of hydrogen-bond donors (Lipinski definition) is 0. The Morgan fingerprint density at radius 2 is 2.43 bits per heavy atom. The van der Waals surface area contributed by atoms with E-state index in [-0.39, 0.29) is 6.10 Å². The van der Waals surface area contributed by atoms with Gasteiger partial charge in [0.05, 0.1) is 11.8 Å². The van der Waals surface area contributed by atoms with E-state index in [9.17, 15) is 0 Å². The normalized spacial score (nSPS) is 29.7. The van der Waals surface area contributed by atoms with Crippen LogP contribution in [-0.2, 0) is 11.3 Å². The van der Waals surface area contributed by atoms with E-state index < -0.39 is 0 Å². The van der Waals surface area contributed by atoms with Crippen LogP contribution in [0.4, 0.5) is 0 Å². The largest absolute Gasteiger partial charge is 0.366 e. The molecule has 0 aromatic carbocycles. The second-order valence-corrected chi connectivity index (χ2v) is 6.91. The van der Waals surface area contributed by atoms with Crippen LogP contribution in [0.1, 0.15) is 35.4 Å². The first kappa shape index (κ1) is 13.4. The van der Waals surface area contributed by atoms with Gasteiger partial charge in [0.15, 0.2) is 0 Å². The molecule has 4 rings (SSSR count). The summed E-state index contributed by atoms with van der Waals surface area (Å²) in [6.45, 7) is 4.88. The molecule has 0 radical (unpaired) electrons. The van der Waals surface area contributed by atoms with Crippen molar-refractivity contribution in [3.8, 4) is 0 Å². The maximum atomic E-state index is 6.25. The van der Waals surface area contributed by atoms with Gasteiger partial charge in [0.25, 0.3) is 0 Å². The van der Waals surface area contributed by atoms with Gasteiger partial charge < -0.3 is 9.26 Å². The van der Waals surface area contributed by atoms with E-state index in [4.69, 9.17) is 9.26 Å². The van der Waals surface area contributed by atoms with Crippen LogP contribution in [0.15, 0.2) is 22.2 Å². The number of ether oxygens (including phenoxy) is 1. The second-order valence-electron chi connectivity index (χ2n) is 5.98. The highest BCUT2D eigenvalue weighted by Crippen LogP contribution is 2.41.